The van der Waals surface area contributed by atoms with Crippen molar-refractivity contribution >= 4 is 5.78 Å². The number of ketones is 1. The molecule has 1 N–H and O–H groups in total. The smallest absolute Gasteiger partial charge is 0.177 e. The summed E-state index contributed by atoms with van der Waals surface area (Å²) in [5.41, 5.74) is -0.456. The van der Waals surface area contributed by atoms with E-state index in [0.29, 0.717) is 6.61 Å². The van der Waals surface area contributed by atoms with Crippen molar-refractivity contribution in [1.29, 1.82) is 0 Å². The van der Waals surface area contributed by atoms with Crippen molar-refractivity contribution in [3.63, 3.8) is 0 Å². The zero-order valence-corrected chi connectivity index (χ0v) is 9.14. The molecule has 0 aromatic rings. The molecule has 0 aliphatic heterocycles. The minimum atomic E-state index is -0.456. The third-order valence-corrected chi connectivity index (χ3v) is 1.90. The Balaban J connectivity index is 3.80. The number of carbonyl (C=O) groups excluding carboxylic acids is 1. The van der Waals surface area contributed by atoms with Gasteiger partial charge in [-0.1, -0.05) is 13.8 Å². The number of likely N-dealkylation sites (N-methyl/N-ethyl adjacent to an activating group) is 1. The van der Waals surface area contributed by atoms with Crippen molar-refractivity contribution in [3.05, 3.63) is 0 Å². The number of carbonyl (C=O) groups is 1. The van der Waals surface area contributed by atoms with Crippen LogP contribution in [-0.4, -0.2) is 31.1 Å². The van der Waals surface area contributed by atoms with E-state index >= 15 is 0 Å². The fourth-order valence-corrected chi connectivity index (χ4v) is 1.03. The van der Waals surface area contributed by atoms with Crippen molar-refractivity contribution < 1.29 is 9.53 Å². The van der Waals surface area contributed by atoms with E-state index in [1.165, 1.54) is 0 Å². The lowest BCUT2D eigenvalue weighted by Gasteiger charge is -2.23. The summed E-state index contributed by atoms with van der Waals surface area (Å²) in [6.07, 6.45) is 0.953. The monoisotopic (exact) mass is 187 g/mol. The van der Waals surface area contributed by atoms with Crippen LogP contribution in [0, 0.1) is 0 Å². The Morgan fingerprint density at radius 3 is 2.46 bits per heavy atom. The third-order valence-electron chi connectivity index (χ3n) is 1.90. The fraction of sp³-hybridized carbons (Fsp3) is 0.900. The standard InChI is InChI=1S/C10H21NO2/c1-5-7-13-8-9(12)10(3,4)11-6-2/h11H,5-8H2,1-4H3. The van der Waals surface area contributed by atoms with Crippen LogP contribution in [0.1, 0.15) is 34.1 Å². The highest BCUT2D eigenvalue weighted by Crippen LogP contribution is 2.03. The molecule has 78 valence electrons. The average Bonchev–Trinajstić information content (AvgIpc) is 2.04. The molecule has 13 heavy (non-hydrogen) atoms. The molecule has 3 nitrogen and oxygen atoms in total. The molecule has 3 heteroatoms. The highest BCUT2D eigenvalue weighted by molar-refractivity contribution is 5.88. The van der Waals surface area contributed by atoms with Gasteiger partial charge < -0.3 is 10.1 Å². The van der Waals surface area contributed by atoms with Crippen LogP contribution in [0.25, 0.3) is 0 Å². The topological polar surface area (TPSA) is 38.3 Å². The summed E-state index contributed by atoms with van der Waals surface area (Å²) >= 11 is 0. The van der Waals surface area contributed by atoms with E-state index in [4.69, 9.17) is 4.74 Å². The predicted octanol–water partition coefficient (Wildman–Crippen LogP) is 1.37. The normalized spacial score (nSPS) is 11.7. The largest absolute Gasteiger partial charge is 0.374 e. The molecule has 0 unspecified atom stereocenters. The number of hydrogen-bond acceptors (Lipinski definition) is 3. The van der Waals surface area contributed by atoms with Crippen LogP contribution in [0.3, 0.4) is 0 Å². The second-order valence-corrected chi connectivity index (χ2v) is 3.63. The molecule has 0 radical (unpaired) electrons. The molecule has 0 saturated heterocycles. The number of hydrogen-bond donors (Lipinski definition) is 1. The van der Waals surface area contributed by atoms with E-state index in [9.17, 15) is 4.79 Å². The van der Waals surface area contributed by atoms with E-state index in [0.717, 1.165) is 13.0 Å². The first-order valence-electron chi connectivity index (χ1n) is 4.90. The Labute approximate surface area is 80.8 Å². The number of rotatable bonds is 7. The fourth-order valence-electron chi connectivity index (χ4n) is 1.03. The number of Topliss-reactive ketones (excluding diaryl/α,β-unsaturated/α-hetero) is 1. The summed E-state index contributed by atoms with van der Waals surface area (Å²) in [4.78, 5) is 11.5. The quantitative estimate of drug-likeness (QED) is 0.612. The third kappa shape index (κ3) is 5.01. The van der Waals surface area contributed by atoms with Gasteiger partial charge in [-0.05, 0) is 26.8 Å². The zero-order chi connectivity index (χ0) is 10.3. The Morgan fingerprint density at radius 1 is 1.38 bits per heavy atom. The van der Waals surface area contributed by atoms with Gasteiger partial charge in [0.2, 0.25) is 0 Å². The molecule has 0 bridgehead atoms. The molecular formula is C10H21NO2. The Morgan fingerprint density at radius 2 is 2.00 bits per heavy atom. The maximum absolute atomic E-state index is 11.5. The van der Waals surface area contributed by atoms with Crippen molar-refractivity contribution in [3.8, 4) is 0 Å². The molecule has 0 aromatic heterocycles. The molecular weight excluding hydrogens is 166 g/mol. The van der Waals surface area contributed by atoms with Crippen LogP contribution in [0.2, 0.25) is 0 Å². The molecule has 0 fully saturated rings. The minimum absolute atomic E-state index is 0.114. The first-order chi connectivity index (χ1) is 6.04. The first kappa shape index (κ1) is 12.6. The van der Waals surface area contributed by atoms with Gasteiger partial charge in [-0.2, -0.15) is 0 Å². The van der Waals surface area contributed by atoms with Gasteiger partial charge in [0, 0.05) is 6.61 Å². The second kappa shape index (κ2) is 6.11. The lowest BCUT2D eigenvalue weighted by Crippen LogP contribution is -2.48. The lowest BCUT2D eigenvalue weighted by atomic mass is 10.00. The molecule has 0 atom stereocenters. The summed E-state index contributed by atoms with van der Waals surface area (Å²) in [5.74, 6) is 0.114. The molecule has 0 aliphatic carbocycles. The van der Waals surface area contributed by atoms with Crippen LogP contribution >= 0.6 is 0 Å². The first-order valence-corrected chi connectivity index (χ1v) is 4.90. The molecule has 0 spiro atoms. The van der Waals surface area contributed by atoms with Gasteiger partial charge in [-0.15, -0.1) is 0 Å². The minimum Gasteiger partial charge on any atom is -0.374 e. The zero-order valence-electron chi connectivity index (χ0n) is 9.14. The maximum atomic E-state index is 11.5. The predicted molar refractivity (Wildman–Crippen MR) is 53.9 cm³/mol. The Kier molecular flexibility index (Phi) is 5.91. The van der Waals surface area contributed by atoms with Crippen LogP contribution in [0.15, 0.2) is 0 Å². The van der Waals surface area contributed by atoms with Gasteiger partial charge in [-0.3, -0.25) is 4.79 Å². The van der Waals surface area contributed by atoms with Gasteiger partial charge in [0.25, 0.3) is 0 Å². The van der Waals surface area contributed by atoms with Crippen molar-refractivity contribution in [1.82, 2.24) is 5.32 Å². The van der Waals surface area contributed by atoms with E-state index in [-0.39, 0.29) is 12.4 Å². The van der Waals surface area contributed by atoms with Gasteiger partial charge in [0.1, 0.15) is 6.61 Å². The maximum Gasteiger partial charge on any atom is 0.177 e. The van der Waals surface area contributed by atoms with Crippen molar-refractivity contribution in [2.45, 2.75) is 39.7 Å². The second-order valence-electron chi connectivity index (χ2n) is 3.63. The lowest BCUT2D eigenvalue weighted by molar-refractivity contribution is -0.128. The Hall–Kier alpha value is -0.410. The Bertz CT molecular complexity index is 155. The van der Waals surface area contributed by atoms with Crippen LogP contribution in [-0.2, 0) is 9.53 Å². The molecule has 0 heterocycles. The SMILES string of the molecule is CCCOCC(=O)C(C)(C)NCC. The number of nitrogens with one attached hydrogen (secondary N) is 1. The van der Waals surface area contributed by atoms with Gasteiger partial charge in [0.05, 0.1) is 5.54 Å². The highest BCUT2D eigenvalue weighted by Gasteiger charge is 2.25. The average molecular weight is 187 g/mol. The van der Waals surface area contributed by atoms with Crippen LogP contribution < -0.4 is 5.32 Å². The van der Waals surface area contributed by atoms with Gasteiger partial charge in [-0.25, -0.2) is 0 Å². The molecule has 0 aliphatic rings. The summed E-state index contributed by atoms with van der Waals surface area (Å²) in [6, 6.07) is 0. The summed E-state index contributed by atoms with van der Waals surface area (Å²) in [7, 11) is 0. The van der Waals surface area contributed by atoms with Crippen LogP contribution in [0.5, 0.6) is 0 Å². The van der Waals surface area contributed by atoms with Crippen LogP contribution in [0.4, 0.5) is 0 Å². The highest BCUT2D eigenvalue weighted by atomic mass is 16.5. The summed E-state index contributed by atoms with van der Waals surface area (Å²) in [6.45, 7) is 9.46. The molecule has 0 rings (SSSR count). The van der Waals surface area contributed by atoms with E-state index < -0.39 is 5.54 Å². The van der Waals surface area contributed by atoms with Crippen molar-refractivity contribution in [2.75, 3.05) is 19.8 Å². The van der Waals surface area contributed by atoms with E-state index in [2.05, 4.69) is 5.32 Å². The van der Waals surface area contributed by atoms with E-state index in [1.54, 1.807) is 0 Å². The number of ether oxygens (including phenoxy) is 1. The molecule has 0 amide bonds. The van der Waals surface area contributed by atoms with Crippen molar-refractivity contribution in [2.24, 2.45) is 0 Å². The van der Waals surface area contributed by atoms with E-state index in [1.807, 2.05) is 27.7 Å². The summed E-state index contributed by atoms with van der Waals surface area (Å²) in [5, 5.41) is 3.12. The summed E-state index contributed by atoms with van der Waals surface area (Å²) < 4.78 is 5.19. The molecule has 0 saturated carbocycles. The van der Waals surface area contributed by atoms with Gasteiger partial charge >= 0.3 is 0 Å². The van der Waals surface area contributed by atoms with Gasteiger partial charge in [0.15, 0.2) is 5.78 Å². The molecule has 0 aromatic carbocycles.